The van der Waals surface area contributed by atoms with Crippen LogP contribution in [-0.4, -0.2) is 4.98 Å². The third-order valence-electron chi connectivity index (χ3n) is 4.48. The smallest absolute Gasteiger partial charge is 0.193 e. The monoisotopic (exact) mass is 379 g/mol. The number of aromatic nitrogens is 1. The Morgan fingerprint density at radius 3 is 2.19 bits per heavy atom. The SMILES string of the molecule is O=c1c(Cc2ccccc2Cl)c(-c2ccccc2Cl)[nH]c2ccccc12. The van der Waals surface area contributed by atoms with E-state index in [1.54, 1.807) is 0 Å². The maximum Gasteiger partial charge on any atom is 0.193 e. The lowest BCUT2D eigenvalue weighted by molar-refractivity contribution is 1.15. The molecule has 3 aromatic carbocycles. The predicted molar refractivity (Wildman–Crippen MR) is 109 cm³/mol. The summed E-state index contributed by atoms with van der Waals surface area (Å²) in [6.45, 7) is 0. The highest BCUT2D eigenvalue weighted by Gasteiger charge is 2.16. The van der Waals surface area contributed by atoms with E-state index in [0.717, 1.165) is 22.3 Å². The Kier molecular flexibility index (Phi) is 4.54. The van der Waals surface area contributed by atoms with Gasteiger partial charge < -0.3 is 4.98 Å². The summed E-state index contributed by atoms with van der Waals surface area (Å²) in [6, 6.07) is 22.6. The molecule has 1 aromatic heterocycles. The summed E-state index contributed by atoms with van der Waals surface area (Å²) in [5, 5.41) is 1.90. The molecule has 0 bridgehead atoms. The van der Waals surface area contributed by atoms with E-state index < -0.39 is 0 Å². The second-order valence-corrected chi connectivity index (χ2v) is 6.92. The molecule has 0 radical (unpaired) electrons. The zero-order valence-corrected chi connectivity index (χ0v) is 15.3. The zero-order valence-electron chi connectivity index (χ0n) is 13.8. The van der Waals surface area contributed by atoms with Gasteiger partial charge in [0.25, 0.3) is 0 Å². The minimum absolute atomic E-state index is 0.00538. The molecule has 0 aliphatic carbocycles. The number of benzene rings is 3. The number of pyridine rings is 1. The summed E-state index contributed by atoms with van der Waals surface area (Å²) in [7, 11) is 0. The molecule has 0 unspecified atom stereocenters. The van der Waals surface area contributed by atoms with Gasteiger partial charge in [0.05, 0.1) is 5.69 Å². The zero-order chi connectivity index (χ0) is 18.1. The second-order valence-electron chi connectivity index (χ2n) is 6.10. The highest BCUT2D eigenvalue weighted by Crippen LogP contribution is 2.31. The topological polar surface area (TPSA) is 32.9 Å². The molecule has 0 aliphatic rings. The molecular weight excluding hydrogens is 365 g/mol. The minimum atomic E-state index is -0.00538. The maximum absolute atomic E-state index is 13.2. The summed E-state index contributed by atoms with van der Waals surface area (Å²) in [6.07, 6.45) is 0.431. The number of nitrogens with one attached hydrogen (secondary N) is 1. The summed E-state index contributed by atoms with van der Waals surface area (Å²) in [5.41, 5.74) is 3.89. The largest absolute Gasteiger partial charge is 0.354 e. The first-order valence-corrected chi connectivity index (χ1v) is 9.03. The van der Waals surface area contributed by atoms with E-state index in [2.05, 4.69) is 4.98 Å². The average Bonchev–Trinajstić information content (AvgIpc) is 2.66. The molecule has 128 valence electrons. The Hall–Kier alpha value is -2.55. The number of hydrogen-bond acceptors (Lipinski definition) is 1. The van der Waals surface area contributed by atoms with Gasteiger partial charge >= 0.3 is 0 Å². The van der Waals surface area contributed by atoms with Gasteiger partial charge in [-0.2, -0.15) is 0 Å². The normalized spacial score (nSPS) is 11.0. The average molecular weight is 380 g/mol. The van der Waals surface area contributed by atoms with Gasteiger partial charge in [0.2, 0.25) is 0 Å². The van der Waals surface area contributed by atoms with Gasteiger partial charge in [-0.15, -0.1) is 0 Å². The molecular formula is C22H15Cl2NO. The third kappa shape index (κ3) is 3.03. The lowest BCUT2D eigenvalue weighted by Gasteiger charge is -2.14. The van der Waals surface area contributed by atoms with Crippen molar-refractivity contribution >= 4 is 34.1 Å². The van der Waals surface area contributed by atoms with Crippen molar-refractivity contribution in [2.75, 3.05) is 0 Å². The molecule has 4 rings (SSSR count). The lowest BCUT2D eigenvalue weighted by atomic mass is 9.97. The van der Waals surface area contributed by atoms with Crippen LogP contribution < -0.4 is 5.43 Å². The number of halogens is 2. The molecule has 0 saturated heterocycles. The number of aromatic amines is 1. The van der Waals surface area contributed by atoms with Gasteiger partial charge in [-0.3, -0.25) is 4.79 Å². The number of rotatable bonds is 3. The minimum Gasteiger partial charge on any atom is -0.354 e. The molecule has 4 heteroatoms. The fraction of sp³-hybridized carbons (Fsp3) is 0.0455. The molecule has 0 spiro atoms. The Labute approximate surface area is 161 Å². The van der Waals surface area contributed by atoms with E-state index in [1.165, 1.54) is 0 Å². The van der Waals surface area contributed by atoms with Crippen LogP contribution >= 0.6 is 23.2 Å². The van der Waals surface area contributed by atoms with Crippen LogP contribution in [0, 0.1) is 0 Å². The fourth-order valence-corrected chi connectivity index (χ4v) is 3.60. The van der Waals surface area contributed by atoms with E-state index in [4.69, 9.17) is 23.2 Å². The lowest BCUT2D eigenvalue weighted by Crippen LogP contribution is -2.14. The molecule has 0 atom stereocenters. The molecule has 2 nitrogen and oxygen atoms in total. The van der Waals surface area contributed by atoms with Gasteiger partial charge in [0, 0.05) is 38.5 Å². The first-order valence-electron chi connectivity index (χ1n) is 8.27. The molecule has 26 heavy (non-hydrogen) atoms. The van der Waals surface area contributed by atoms with E-state index in [0.29, 0.717) is 27.4 Å². The van der Waals surface area contributed by atoms with Crippen molar-refractivity contribution in [1.29, 1.82) is 0 Å². The summed E-state index contributed by atoms with van der Waals surface area (Å²) in [5.74, 6) is 0. The van der Waals surface area contributed by atoms with Crippen LogP contribution in [0.15, 0.2) is 77.6 Å². The highest BCUT2D eigenvalue weighted by molar-refractivity contribution is 6.33. The van der Waals surface area contributed by atoms with E-state index in [1.807, 2.05) is 72.8 Å². The van der Waals surface area contributed by atoms with Crippen LogP contribution in [-0.2, 0) is 6.42 Å². The molecule has 0 aliphatic heterocycles. The van der Waals surface area contributed by atoms with Crippen molar-refractivity contribution in [3.8, 4) is 11.3 Å². The first kappa shape index (κ1) is 16.9. The van der Waals surface area contributed by atoms with Crippen LogP contribution in [0.25, 0.3) is 22.2 Å². The van der Waals surface area contributed by atoms with Gasteiger partial charge in [-0.1, -0.05) is 71.7 Å². The van der Waals surface area contributed by atoms with Crippen LogP contribution in [0.3, 0.4) is 0 Å². The number of H-pyrrole nitrogens is 1. The fourth-order valence-electron chi connectivity index (χ4n) is 3.17. The highest BCUT2D eigenvalue weighted by atomic mass is 35.5. The first-order chi connectivity index (χ1) is 12.6. The molecule has 1 heterocycles. The Balaban J connectivity index is 2.02. The van der Waals surface area contributed by atoms with Gasteiger partial charge in [0.15, 0.2) is 5.43 Å². The quantitative estimate of drug-likeness (QED) is 0.458. The molecule has 0 amide bonds. The summed E-state index contributed by atoms with van der Waals surface area (Å²) >= 11 is 12.8. The van der Waals surface area contributed by atoms with Crippen LogP contribution in [0.1, 0.15) is 11.1 Å². The number of fused-ring (bicyclic) bond motifs is 1. The van der Waals surface area contributed by atoms with Crippen molar-refractivity contribution in [2.24, 2.45) is 0 Å². The van der Waals surface area contributed by atoms with Crippen LogP contribution in [0.2, 0.25) is 10.0 Å². The third-order valence-corrected chi connectivity index (χ3v) is 5.17. The van der Waals surface area contributed by atoms with Gasteiger partial charge in [-0.25, -0.2) is 0 Å². The van der Waals surface area contributed by atoms with E-state index in [9.17, 15) is 4.79 Å². The number of hydrogen-bond donors (Lipinski definition) is 1. The Morgan fingerprint density at radius 1 is 0.769 bits per heavy atom. The van der Waals surface area contributed by atoms with Crippen molar-refractivity contribution < 1.29 is 0 Å². The van der Waals surface area contributed by atoms with E-state index >= 15 is 0 Å². The van der Waals surface area contributed by atoms with Gasteiger partial charge in [0.1, 0.15) is 0 Å². The Morgan fingerprint density at radius 2 is 1.42 bits per heavy atom. The Bertz CT molecular complexity index is 1160. The summed E-state index contributed by atoms with van der Waals surface area (Å²) in [4.78, 5) is 16.6. The van der Waals surface area contributed by atoms with Crippen molar-refractivity contribution in [3.63, 3.8) is 0 Å². The standard InChI is InChI=1S/C22H15Cl2NO/c23-18-10-4-1-7-14(18)13-17-21(15-8-2-5-11-19(15)24)25-20-12-6-3-9-16(20)22(17)26/h1-12H,13H2,(H,25,26). The molecule has 0 fully saturated rings. The maximum atomic E-state index is 13.2. The predicted octanol–water partition coefficient (Wildman–Crippen LogP) is 6.09. The molecule has 0 saturated carbocycles. The van der Waals surface area contributed by atoms with Crippen molar-refractivity contribution in [1.82, 2.24) is 4.98 Å². The molecule has 4 aromatic rings. The molecule has 1 N–H and O–H groups in total. The van der Waals surface area contributed by atoms with E-state index in [-0.39, 0.29) is 5.43 Å². The van der Waals surface area contributed by atoms with Crippen molar-refractivity contribution in [3.05, 3.63) is 104 Å². The van der Waals surface area contributed by atoms with Gasteiger partial charge in [-0.05, 0) is 29.8 Å². The van der Waals surface area contributed by atoms with Crippen LogP contribution in [0.5, 0.6) is 0 Å². The van der Waals surface area contributed by atoms with Crippen LogP contribution in [0.4, 0.5) is 0 Å². The summed E-state index contributed by atoms with van der Waals surface area (Å²) < 4.78 is 0. The second kappa shape index (κ2) is 6.99. The van der Waals surface area contributed by atoms with Crippen molar-refractivity contribution in [2.45, 2.75) is 6.42 Å². The number of para-hydroxylation sites is 1.